The number of carbonyl (C=O) groups excluding carboxylic acids is 1. The molecule has 2 aliphatic carbocycles. The fourth-order valence-electron chi connectivity index (χ4n) is 6.61. The van der Waals surface area contributed by atoms with Crippen LogP contribution < -0.4 is 15.1 Å². The van der Waals surface area contributed by atoms with Crippen LogP contribution in [-0.4, -0.2) is 29.8 Å². The molecule has 1 aromatic heterocycles. The largest absolute Gasteiger partial charge is 0.418 e. The first kappa shape index (κ1) is 25.6. The summed E-state index contributed by atoms with van der Waals surface area (Å²) in [6.45, 7) is -0.318. The Hall–Kier alpha value is -2.72. The molecule has 0 saturated heterocycles. The number of nitrogens with one attached hydrogen (secondary N) is 1. The smallest absolute Gasteiger partial charge is 0.378 e. The molecule has 38 heavy (non-hydrogen) atoms. The minimum atomic E-state index is -4.59. The predicted octanol–water partition coefficient (Wildman–Crippen LogP) is 6.29. The number of para-hydroxylation sites is 1. The summed E-state index contributed by atoms with van der Waals surface area (Å²) in [5, 5.41) is 3.56. The molecule has 5 nitrogen and oxygen atoms in total. The van der Waals surface area contributed by atoms with Gasteiger partial charge in [-0.25, -0.2) is 0 Å². The van der Waals surface area contributed by atoms with Crippen molar-refractivity contribution in [2.75, 3.05) is 24.3 Å². The van der Waals surface area contributed by atoms with Gasteiger partial charge in [-0.1, -0.05) is 35.6 Å². The molecule has 10 heteroatoms. The Kier molecular flexibility index (Phi) is 6.38. The first-order valence-corrected chi connectivity index (χ1v) is 14.4. The number of carbonyl (C=O) groups is 1. The second-order valence-electron chi connectivity index (χ2n) is 10.7. The van der Waals surface area contributed by atoms with E-state index < -0.39 is 17.6 Å². The number of hydrogen-bond acceptors (Lipinski definition) is 5. The lowest BCUT2D eigenvalue weighted by atomic mass is 9.75. The summed E-state index contributed by atoms with van der Waals surface area (Å²) in [6, 6.07) is 13.4. The molecule has 0 unspecified atom stereocenters. The van der Waals surface area contributed by atoms with Gasteiger partial charge in [0.1, 0.15) is 6.54 Å². The summed E-state index contributed by atoms with van der Waals surface area (Å²) in [4.78, 5) is 29.0. The maximum Gasteiger partial charge on any atom is 0.418 e. The number of amides is 1. The van der Waals surface area contributed by atoms with E-state index in [-0.39, 0.29) is 23.0 Å². The van der Waals surface area contributed by atoms with Crippen molar-refractivity contribution in [2.45, 2.75) is 48.2 Å². The maximum absolute atomic E-state index is 13.4. The highest BCUT2D eigenvalue weighted by Crippen LogP contribution is 2.64. The topological polar surface area (TPSA) is 54.3 Å². The van der Waals surface area contributed by atoms with Crippen LogP contribution in [0.3, 0.4) is 0 Å². The van der Waals surface area contributed by atoms with Crippen molar-refractivity contribution in [1.82, 2.24) is 4.57 Å². The Labute approximate surface area is 227 Å². The van der Waals surface area contributed by atoms with Crippen molar-refractivity contribution in [3.05, 3.63) is 74.2 Å². The molecule has 5 atom stereocenters. The van der Waals surface area contributed by atoms with Crippen LogP contribution >= 0.6 is 23.1 Å². The molecule has 1 amide bonds. The second kappa shape index (κ2) is 9.48. The third-order valence-electron chi connectivity index (χ3n) is 8.27. The number of aromatic nitrogens is 1. The number of thiazole rings is 1. The maximum atomic E-state index is 13.4. The molecule has 1 aliphatic heterocycles. The minimum Gasteiger partial charge on any atom is -0.378 e. The van der Waals surface area contributed by atoms with E-state index in [4.69, 9.17) is 0 Å². The molecule has 2 aromatic carbocycles. The van der Waals surface area contributed by atoms with Gasteiger partial charge in [0.05, 0.1) is 16.3 Å². The molecule has 1 N–H and O–H groups in total. The van der Waals surface area contributed by atoms with Gasteiger partial charge in [-0.2, -0.15) is 13.2 Å². The summed E-state index contributed by atoms with van der Waals surface area (Å²) in [6.07, 6.45) is -0.999. The van der Waals surface area contributed by atoms with Crippen molar-refractivity contribution in [3.63, 3.8) is 0 Å². The van der Waals surface area contributed by atoms with E-state index in [0.29, 0.717) is 23.0 Å². The number of hydrogen-bond donors (Lipinski definition) is 1. The van der Waals surface area contributed by atoms with Crippen LogP contribution in [0.5, 0.6) is 0 Å². The quantitative estimate of drug-likeness (QED) is 0.400. The second-order valence-corrected chi connectivity index (χ2v) is 12.8. The number of thioether (sulfide) groups is 1. The van der Waals surface area contributed by atoms with E-state index >= 15 is 0 Å². The van der Waals surface area contributed by atoms with Gasteiger partial charge in [-0.05, 0) is 66.8 Å². The van der Waals surface area contributed by atoms with E-state index in [1.165, 1.54) is 58.9 Å². The highest BCUT2D eigenvalue weighted by atomic mass is 32.2. The van der Waals surface area contributed by atoms with Gasteiger partial charge in [-0.3, -0.25) is 14.2 Å². The minimum absolute atomic E-state index is 0.0794. The van der Waals surface area contributed by atoms with E-state index in [1.54, 1.807) is 11.8 Å². The third-order valence-corrected chi connectivity index (χ3v) is 11.1. The van der Waals surface area contributed by atoms with Crippen LogP contribution in [0.4, 0.5) is 24.5 Å². The molecule has 200 valence electrons. The number of benzene rings is 2. The van der Waals surface area contributed by atoms with Gasteiger partial charge >= 0.3 is 11.0 Å². The first-order chi connectivity index (χ1) is 18.1. The number of fused-ring (bicyclic) bond motifs is 6. The zero-order valence-corrected chi connectivity index (χ0v) is 22.6. The summed E-state index contributed by atoms with van der Waals surface area (Å²) in [7, 11) is 4.00. The molecule has 2 fully saturated rings. The highest BCUT2D eigenvalue weighted by molar-refractivity contribution is 8.00. The van der Waals surface area contributed by atoms with Crippen LogP contribution in [0.15, 0.2) is 58.4 Å². The molecular weight excluding hydrogens is 531 g/mol. The Balaban J connectivity index is 1.35. The fourth-order valence-corrected chi connectivity index (χ4v) is 9.76. The van der Waals surface area contributed by atoms with Crippen molar-refractivity contribution >= 4 is 40.4 Å². The van der Waals surface area contributed by atoms with Gasteiger partial charge in [0, 0.05) is 35.8 Å². The molecular formula is C28H28F3N3O2S2. The van der Waals surface area contributed by atoms with Gasteiger partial charge in [-0.15, -0.1) is 11.8 Å². The lowest BCUT2D eigenvalue weighted by Gasteiger charge is -2.40. The van der Waals surface area contributed by atoms with Crippen molar-refractivity contribution in [3.8, 4) is 0 Å². The monoisotopic (exact) mass is 559 g/mol. The van der Waals surface area contributed by atoms with Crippen LogP contribution in [0.1, 0.15) is 41.2 Å². The van der Waals surface area contributed by atoms with Gasteiger partial charge in [0.25, 0.3) is 0 Å². The van der Waals surface area contributed by atoms with Crippen LogP contribution in [0.25, 0.3) is 0 Å². The number of anilines is 2. The Bertz CT molecular complexity index is 1430. The summed E-state index contributed by atoms with van der Waals surface area (Å²) >= 11 is 2.88. The fraction of sp³-hybridized carbons (Fsp3) is 0.429. The van der Waals surface area contributed by atoms with E-state index in [9.17, 15) is 22.8 Å². The standard InChI is InChI=1S/C28H28F3N3O2S2/c1-33(2)18-11-9-15(10-12-18)22-23-16-7-8-17(13-16)24(23)37-26-25(22)38-27(36)34(26)14-21(35)32-20-6-4-3-5-19(20)28(29,30)31/h3-6,9-12,16-17,22-24H,7-8,13-14H2,1-2H3,(H,32,35)/t16-,17-,22-,23-,24+/m0/s1. The molecule has 2 saturated carbocycles. The molecule has 0 radical (unpaired) electrons. The van der Waals surface area contributed by atoms with Crippen LogP contribution in [0, 0.1) is 17.8 Å². The Morgan fingerprint density at radius 2 is 1.79 bits per heavy atom. The summed E-state index contributed by atoms with van der Waals surface area (Å²) in [5.74, 6) is 1.08. The van der Waals surface area contributed by atoms with Crippen molar-refractivity contribution in [1.29, 1.82) is 0 Å². The zero-order valence-electron chi connectivity index (χ0n) is 21.0. The molecule has 3 aromatic rings. The lowest BCUT2D eigenvalue weighted by Crippen LogP contribution is -2.35. The van der Waals surface area contributed by atoms with Gasteiger partial charge in [0.15, 0.2) is 0 Å². The van der Waals surface area contributed by atoms with Gasteiger partial charge < -0.3 is 10.2 Å². The molecule has 6 rings (SSSR count). The molecule has 3 aliphatic rings. The predicted molar refractivity (Wildman–Crippen MR) is 145 cm³/mol. The summed E-state index contributed by atoms with van der Waals surface area (Å²) < 4.78 is 41.8. The summed E-state index contributed by atoms with van der Waals surface area (Å²) in [5.41, 5.74) is 1.07. The van der Waals surface area contributed by atoms with Gasteiger partial charge in [0.2, 0.25) is 5.91 Å². The number of rotatable bonds is 5. The molecule has 2 bridgehead atoms. The van der Waals surface area contributed by atoms with E-state index in [1.807, 2.05) is 14.1 Å². The number of nitrogens with zero attached hydrogens (tertiary/aromatic N) is 2. The number of halogens is 3. The Morgan fingerprint density at radius 1 is 1.08 bits per heavy atom. The van der Waals surface area contributed by atoms with Crippen molar-refractivity contribution in [2.24, 2.45) is 17.8 Å². The van der Waals surface area contributed by atoms with Crippen LogP contribution in [0.2, 0.25) is 0 Å². The average molecular weight is 560 g/mol. The SMILES string of the molecule is CN(C)c1ccc([C@@H]2c3sc(=O)n(CC(=O)Nc4ccccc4C(F)(F)F)c3S[C@@H]3[C@H]4CC[C@@H](C4)[C@@H]23)cc1. The van der Waals surface area contributed by atoms with Crippen molar-refractivity contribution < 1.29 is 18.0 Å². The van der Waals surface area contributed by atoms with E-state index in [2.05, 4.69) is 34.5 Å². The first-order valence-electron chi connectivity index (χ1n) is 12.8. The highest BCUT2D eigenvalue weighted by Gasteiger charge is 2.55. The molecule has 0 spiro atoms. The van der Waals surface area contributed by atoms with E-state index in [0.717, 1.165) is 21.7 Å². The Morgan fingerprint density at radius 3 is 2.50 bits per heavy atom. The third kappa shape index (κ3) is 4.35. The molecule has 2 heterocycles. The van der Waals surface area contributed by atoms with Crippen LogP contribution in [-0.2, 0) is 17.5 Å². The normalized spacial score (nSPS) is 25.7. The zero-order chi connectivity index (χ0) is 26.8. The number of alkyl halides is 3. The average Bonchev–Trinajstić information content (AvgIpc) is 3.57. The lowest BCUT2D eigenvalue weighted by molar-refractivity contribution is -0.137.